The molecule has 0 unspecified atom stereocenters. The second-order valence-corrected chi connectivity index (χ2v) is 2.50. The molecule has 6 heteroatoms. The Bertz CT molecular complexity index is 340. The van der Waals surface area contributed by atoms with E-state index in [2.05, 4.69) is 4.74 Å². The molecule has 0 aliphatic rings. The number of anilines is 1. The number of ether oxygens (including phenoxy) is 2. The van der Waals surface area contributed by atoms with Crippen molar-refractivity contribution in [1.82, 2.24) is 0 Å². The standard InChI is InChI=1S/C8H10N2O4/c1-13-5-14-7-4-2-3-6(9)8(7)10(11)12/h2-4H,5,9H2,1H3. The van der Waals surface area contributed by atoms with Crippen molar-refractivity contribution >= 4 is 11.4 Å². The number of nitro groups is 1. The molecule has 0 aromatic heterocycles. The van der Waals surface area contributed by atoms with Crippen LogP contribution in [-0.4, -0.2) is 18.8 Å². The molecule has 0 saturated heterocycles. The maximum Gasteiger partial charge on any atom is 0.333 e. The summed E-state index contributed by atoms with van der Waals surface area (Å²) in [5, 5.41) is 10.6. The number of nitrogens with zero attached hydrogens (tertiary/aromatic N) is 1. The summed E-state index contributed by atoms with van der Waals surface area (Å²) >= 11 is 0. The molecule has 0 spiro atoms. The molecule has 76 valence electrons. The Morgan fingerprint density at radius 3 is 2.86 bits per heavy atom. The van der Waals surface area contributed by atoms with Gasteiger partial charge in [-0.3, -0.25) is 10.1 Å². The molecular weight excluding hydrogens is 188 g/mol. The third kappa shape index (κ3) is 2.11. The summed E-state index contributed by atoms with van der Waals surface area (Å²) < 4.78 is 9.62. The van der Waals surface area contributed by atoms with Gasteiger partial charge in [-0.05, 0) is 12.1 Å². The number of nitro benzene ring substituents is 1. The van der Waals surface area contributed by atoms with Crippen LogP contribution in [0.2, 0.25) is 0 Å². The summed E-state index contributed by atoms with van der Waals surface area (Å²) in [6.45, 7) is -0.0513. The Labute approximate surface area is 80.4 Å². The predicted octanol–water partition coefficient (Wildman–Crippen LogP) is 1.16. The zero-order chi connectivity index (χ0) is 10.6. The lowest BCUT2D eigenvalue weighted by Crippen LogP contribution is -2.03. The second kappa shape index (κ2) is 4.43. The van der Waals surface area contributed by atoms with Crippen LogP contribution in [0.5, 0.6) is 5.75 Å². The van der Waals surface area contributed by atoms with Crippen LogP contribution in [0.4, 0.5) is 11.4 Å². The predicted molar refractivity (Wildman–Crippen MR) is 50.0 cm³/mol. The van der Waals surface area contributed by atoms with Gasteiger partial charge in [0, 0.05) is 7.11 Å². The van der Waals surface area contributed by atoms with Gasteiger partial charge in [0.05, 0.1) is 4.92 Å². The minimum atomic E-state index is -0.583. The quantitative estimate of drug-likeness (QED) is 0.339. The van der Waals surface area contributed by atoms with Crippen molar-refractivity contribution in [2.45, 2.75) is 0 Å². The highest BCUT2D eigenvalue weighted by atomic mass is 16.7. The van der Waals surface area contributed by atoms with Gasteiger partial charge in [0.15, 0.2) is 6.79 Å². The molecule has 1 aromatic rings. The van der Waals surface area contributed by atoms with E-state index in [1.54, 1.807) is 6.07 Å². The normalized spacial score (nSPS) is 9.79. The average Bonchev–Trinajstić information content (AvgIpc) is 2.14. The van der Waals surface area contributed by atoms with Crippen LogP contribution in [-0.2, 0) is 4.74 Å². The summed E-state index contributed by atoms with van der Waals surface area (Å²) in [5.74, 6) is 0.108. The zero-order valence-electron chi connectivity index (χ0n) is 7.60. The van der Waals surface area contributed by atoms with Gasteiger partial charge in [0.2, 0.25) is 5.75 Å². The van der Waals surface area contributed by atoms with Gasteiger partial charge in [-0.1, -0.05) is 6.07 Å². The van der Waals surface area contributed by atoms with Gasteiger partial charge in [0.1, 0.15) is 5.69 Å². The second-order valence-electron chi connectivity index (χ2n) is 2.50. The molecule has 1 rings (SSSR count). The molecule has 14 heavy (non-hydrogen) atoms. The fraction of sp³-hybridized carbons (Fsp3) is 0.250. The first-order valence-electron chi connectivity index (χ1n) is 3.81. The van der Waals surface area contributed by atoms with E-state index in [-0.39, 0.29) is 23.9 Å². The molecule has 1 aromatic carbocycles. The number of methoxy groups -OCH3 is 1. The fourth-order valence-electron chi connectivity index (χ4n) is 0.974. The third-order valence-electron chi connectivity index (χ3n) is 1.55. The van der Waals surface area contributed by atoms with Crippen LogP contribution in [0, 0.1) is 10.1 Å². The van der Waals surface area contributed by atoms with E-state index in [9.17, 15) is 10.1 Å². The monoisotopic (exact) mass is 198 g/mol. The molecule has 0 heterocycles. The maximum absolute atomic E-state index is 10.6. The molecule has 0 radical (unpaired) electrons. The molecular formula is C8H10N2O4. The number of benzene rings is 1. The molecule has 0 aliphatic heterocycles. The summed E-state index contributed by atoms with van der Waals surface area (Å²) in [5.41, 5.74) is 5.27. The van der Waals surface area contributed by atoms with E-state index in [0.29, 0.717) is 0 Å². The molecule has 0 bridgehead atoms. The third-order valence-corrected chi connectivity index (χ3v) is 1.55. The topological polar surface area (TPSA) is 87.6 Å². The van der Waals surface area contributed by atoms with Crippen LogP contribution >= 0.6 is 0 Å². The lowest BCUT2D eigenvalue weighted by atomic mass is 10.2. The molecule has 0 amide bonds. The van der Waals surface area contributed by atoms with E-state index >= 15 is 0 Å². The molecule has 6 nitrogen and oxygen atoms in total. The first-order chi connectivity index (χ1) is 6.66. The number of rotatable bonds is 4. The number of hydrogen-bond donors (Lipinski definition) is 1. The minimum absolute atomic E-state index is 0.0513. The molecule has 2 N–H and O–H groups in total. The lowest BCUT2D eigenvalue weighted by molar-refractivity contribution is -0.385. The van der Waals surface area contributed by atoms with Crippen molar-refractivity contribution in [2.75, 3.05) is 19.6 Å². The van der Waals surface area contributed by atoms with E-state index in [4.69, 9.17) is 10.5 Å². The Hall–Kier alpha value is -1.82. The molecule has 0 aliphatic carbocycles. The van der Waals surface area contributed by atoms with Crippen molar-refractivity contribution in [1.29, 1.82) is 0 Å². The SMILES string of the molecule is COCOc1cccc(N)c1[N+](=O)[O-]. The van der Waals surface area contributed by atoms with Gasteiger partial charge in [-0.25, -0.2) is 0 Å². The highest BCUT2D eigenvalue weighted by molar-refractivity contribution is 5.65. The Morgan fingerprint density at radius 1 is 1.57 bits per heavy atom. The van der Waals surface area contributed by atoms with Crippen molar-refractivity contribution in [3.8, 4) is 5.75 Å². The summed E-state index contributed by atoms with van der Waals surface area (Å²) in [7, 11) is 1.43. The highest BCUT2D eigenvalue weighted by Crippen LogP contribution is 2.32. The number of nitrogen functional groups attached to an aromatic ring is 1. The van der Waals surface area contributed by atoms with Crippen molar-refractivity contribution in [2.24, 2.45) is 0 Å². The van der Waals surface area contributed by atoms with E-state index in [1.807, 2.05) is 0 Å². The van der Waals surface area contributed by atoms with Gasteiger partial charge < -0.3 is 15.2 Å². The van der Waals surface area contributed by atoms with Crippen LogP contribution in [0.1, 0.15) is 0 Å². The van der Waals surface area contributed by atoms with Gasteiger partial charge >= 0.3 is 5.69 Å². The molecule has 0 saturated carbocycles. The van der Waals surface area contributed by atoms with Gasteiger partial charge in [-0.2, -0.15) is 0 Å². The number of hydrogen-bond acceptors (Lipinski definition) is 5. The average molecular weight is 198 g/mol. The largest absolute Gasteiger partial charge is 0.460 e. The van der Waals surface area contributed by atoms with Crippen LogP contribution < -0.4 is 10.5 Å². The van der Waals surface area contributed by atoms with Crippen molar-refractivity contribution in [3.05, 3.63) is 28.3 Å². The first kappa shape index (κ1) is 10.3. The van der Waals surface area contributed by atoms with E-state index in [1.165, 1.54) is 19.2 Å². The van der Waals surface area contributed by atoms with Crippen LogP contribution in [0.25, 0.3) is 0 Å². The Kier molecular flexibility index (Phi) is 3.24. The van der Waals surface area contributed by atoms with Gasteiger partial charge in [-0.15, -0.1) is 0 Å². The molecule has 0 fully saturated rings. The highest BCUT2D eigenvalue weighted by Gasteiger charge is 2.18. The van der Waals surface area contributed by atoms with Crippen LogP contribution in [0.15, 0.2) is 18.2 Å². The van der Waals surface area contributed by atoms with Crippen LogP contribution in [0.3, 0.4) is 0 Å². The Balaban J connectivity index is 3.02. The van der Waals surface area contributed by atoms with E-state index < -0.39 is 4.92 Å². The fourth-order valence-corrected chi connectivity index (χ4v) is 0.974. The molecule has 0 atom stereocenters. The lowest BCUT2D eigenvalue weighted by Gasteiger charge is -2.05. The summed E-state index contributed by atoms with van der Waals surface area (Å²) in [6.07, 6.45) is 0. The van der Waals surface area contributed by atoms with Crippen molar-refractivity contribution in [3.63, 3.8) is 0 Å². The van der Waals surface area contributed by atoms with Crippen molar-refractivity contribution < 1.29 is 14.4 Å². The summed E-state index contributed by atoms with van der Waals surface area (Å²) in [4.78, 5) is 10.0. The zero-order valence-corrected chi connectivity index (χ0v) is 7.60. The number of para-hydroxylation sites is 1. The summed E-state index contributed by atoms with van der Waals surface area (Å²) in [6, 6.07) is 4.48. The number of nitrogens with two attached hydrogens (primary N) is 1. The van der Waals surface area contributed by atoms with Gasteiger partial charge in [0.25, 0.3) is 0 Å². The smallest absolute Gasteiger partial charge is 0.333 e. The Morgan fingerprint density at radius 2 is 2.29 bits per heavy atom. The first-order valence-corrected chi connectivity index (χ1v) is 3.81. The van der Waals surface area contributed by atoms with E-state index in [0.717, 1.165) is 0 Å². The maximum atomic E-state index is 10.6. The minimum Gasteiger partial charge on any atom is -0.460 e.